The van der Waals surface area contributed by atoms with Gasteiger partial charge in [-0.1, -0.05) is 0 Å². The molecule has 1 unspecified atom stereocenters. The maximum atomic E-state index is 11.1. The van der Waals surface area contributed by atoms with Crippen LogP contribution in [-0.2, 0) is 0 Å². The van der Waals surface area contributed by atoms with Gasteiger partial charge < -0.3 is 10.8 Å². The van der Waals surface area contributed by atoms with Crippen LogP contribution in [-0.4, -0.2) is 24.4 Å². The third-order valence-electron chi connectivity index (χ3n) is 0.450. The van der Waals surface area contributed by atoms with Crippen molar-refractivity contribution in [2.75, 3.05) is 13.2 Å². The third kappa shape index (κ3) is 6.14. The molecule has 0 aromatic heterocycles. The van der Waals surface area contributed by atoms with Crippen LogP contribution >= 0.6 is 12.4 Å². The number of aliphatic hydroxyl groups is 1. The summed E-state index contributed by atoms with van der Waals surface area (Å²) in [6.45, 7) is -0.729. The first kappa shape index (κ1) is 10.2. The molecule has 2 nitrogen and oxygen atoms in total. The summed E-state index contributed by atoms with van der Waals surface area (Å²) in [7, 11) is 0. The minimum atomic E-state index is -0.954. The van der Waals surface area contributed by atoms with E-state index in [0.717, 1.165) is 0 Å². The second-order valence-corrected chi connectivity index (χ2v) is 1.04. The van der Waals surface area contributed by atoms with Crippen LogP contribution in [0.4, 0.5) is 4.39 Å². The van der Waals surface area contributed by atoms with E-state index in [4.69, 9.17) is 10.8 Å². The first-order chi connectivity index (χ1) is 2.81. The van der Waals surface area contributed by atoms with Crippen LogP contribution in [0.15, 0.2) is 0 Å². The molecule has 0 radical (unpaired) electrons. The molecule has 1 atom stereocenters. The summed E-state index contributed by atoms with van der Waals surface area (Å²) < 4.78 is 11.1. The zero-order valence-corrected chi connectivity index (χ0v) is 4.62. The van der Waals surface area contributed by atoms with E-state index in [-0.39, 0.29) is 19.0 Å². The lowest BCUT2D eigenvalue weighted by Crippen LogP contribution is -2.20. The summed E-state index contributed by atoms with van der Waals surface area (Å²) >= 11 is 0. The van der Waals surface area contributed by atoms with Gasteiger partial charge in [0.25, 0.3) is 0 Å². The van der Waals surface area contributed by atoms with Crippen molar-refractivity contribution < 1.29 is 9.50 Å². The Balaban J connectivity index is 0. The molecular formula is C3H9ClFNO. The van der Waals surface area contributed by atoms with Crippen molar-refractivity contribution in [3.63, 3.8) is 0 Å². The van der Waals surface area contributed by atoms with Gasteiger partial charge in [-0.2, -0.15) is 0 Å². The molecule has 0 saturated carbocycles. The molecule has 3 N–H and O–H groups in total. The lowest BCUT2D eigenvalue weighted by Gasteiger charge is -1.95. The van der Waals surface area contributed by atoms with E-state index in [1.807, 2.05) is 0 Å². The Morgan fingerprint density at radius 2 is 2.14 bits per heavy atom. The Kier molecular flexibility index (Phi) is 8.94. The van der Waals surface area contributed by atoms with Gasteiger partial charge in [0.2, 0.25) is 0 Å². The van der Waals surface area contributed by atoms with Crippen LogP contribution in [0.25, 0.3) is 0 Å². The van der Waals surface area contributed by atoms with Crippen LogP contribution < -0.4 is 5.73 Å². The predicted octanol–water partition coefficient (Wildman–Crippen LogP) is -0.303. The Labute approximate surface area is 47.9 Å². The van der Waals surface area contributed by atoms with E-state index in [0.29, 0.717) is 0 Å². The fourth-order valence-electron chi connectivity index (χ4n) is 0.0630. The van der Waals surface area contributed by atoms with Crippen molar-refractivity contribution in [3.8, 4) is 0 Å². The highest BCUT2D eigenvalue weighted by Crippen LogP contribution is 1.75. The first-order valence-electron chi connectivity index (χ1n) is 1.75. The van der Waals surface area contributed by atoms with E-state index in [9.17, 15) is 4.39 Å². The van der Waals surface area contributed by atoms with Gasteiger partial charge in [-0.25, -0.2) is 4.39 Å². The molecule has 4 heteroatoms. The standard InChI is InChI=1S/C3H8FNO.ClH/c4-1-3(6)2-5;/h3,6H,1-2,5H2;1H. The van der Waals surface area contributed by atoms with Crippen molar-refractivity contribution in [2.45, 2.75) is 6.10 Å². The molecule has 0 aliphatic heterocycles. The van der Waals surface area contributed by atoms with Crippen molar-refractivity contribution in [1.82, 2.24) is 0 Å². The molecule has 0 aromatic carbocycles. The topological polar surface area (TPSA) is 46.2 Å². The van der Waals surface area contributed by atoms with Crippen molar-refractivity contribution >= 4 is 12.4 Å². The number of alkyl halides is 1. The maximum absolute atomic E-state index is 11.1. The Morgan fingerprint density at radius 3 is 2.14 bits per heavy atom. The van der Waals surface area contributed by atoms with E-state index in [1.54, 1.807) is 0 Å². The highest BCUT2D eigenvalue weighted by atomic mass is 35.5. The number of hydrogen-bond acceptors (Lipinski definition) is 2. The molecule has 0 fully saturated rings. The van der Waals surface area contributed by atoms with Crippen LogP contribution in [0.1, 0.15) is 0 Å². The van der Waals surface area contributed by atoms with Crippen molar-refractivity contribution in [2.24, 2.45) is 5.73 Å². The number of nitrogens with two attached hydrogens (primary N) is 1. The molecule has 0 aromatic rings. The van der Waals surface area contributed by atoms with Gasteiger partial charge in [0.1, 0.15) is 6.67 Å². The number of hydrogen-bond donors (Lipinski definition) is 2. The van der Waals surface area contributed by atoms with Gasteiger partial charge in [0, 0.05) is 6.54 Å². The fraction of sp³-hybridized carbons (Fsp3) is 1.00. The highest BCUT2D eigenvalue weighted by Gasteiger charge is 1.94. The van der Waals surface area contributed by atoms with Gasteiger partial charge >= 0.3 is 0 Å². The van der Waals surface area contributed by atoms with E-state index < -0.39 is 12.8 Å². The van der Waals surface area contributed by atoms with E-state index >= 15 is 0 Å². The molecule has 0 bridgehead atoms. The first-order valence-corrected chi connectivity index (χ1v) is 1.75. The van der Waals surface area contributed by atoms with Gasteiger partial charge in [0.15, 0.2) is 0 Å². The summed E-state index contributed by atoms with van der Waals surface area (Å²) in [5.41, 5.74) is 4.79. The largest absolute Gasteiger partial charge is 0.389 e. The Hall–Kier alpha value is 0.140. The molecule has 7 heavy (non-hydrogen) atoms. The maximum Gasteiger partial charge on any atom is 0.117 e. The summed E-state index contributed by atoms with van der Waals surface area (Å²) in [5, 5.41) is 8.17. The SMILES string of the molecule is Cl.NCC(O)CF. The van der Waals surface area contributed by atoms with E-state index in [2.05, 4.69) is 0 Å². The zero-order valence-electron chi connectivity index (χ0n) is 3.80. The average molecular weight is 130 g/mol. The Bertz CT molecular complexity index is 34.1. The molecule has 0 aliphatic carbocycles. The van der Waals surface area contributed by atoms with Crippen LogP contribution in [0, 0.1) is 0 Å². The Morgan fingerprint density at radius 1 is 1.71 bits per heavy atom. The minimum Gasteiger partial charge on any atom is -0.389 e. The molecule has 0 spiro atoms. The third-order valence-corrected chi connectivity index (χ3v) is 0.450. The second kappa shape index (κ2) is 6.14. The smallest absolute Gasteiger partial charge is 0.117 e. The van der Waals surface area contributed by atoms with Gasteiger partial charge in [0.05, 0.1) is 6.10 Å². The quantitative estimate of drug-likeness (QED) is 0.538. The van der Waals surface area contributed by atoms with Crippen LogP contribution in [0.3, 0.4) is 0 Å². The molecule has 0 rings (SSSR count). The van der Waals surface area contributed by atoms with Crippen molar-refractivity contribution in [1.29, 1.82) is 0 Å². The lowest BCUT2D eigenvalue weighted by molar-refractivity contribution is 0.147. The van der Waals surface area contributed by atoms with Gasteiger partial charge in [-0.15, -0.1) is 12.4 Å². The highest BCUT2D eigenvalue weighted by molar-refractivity contribution is 5.85. The number of aliphatic hydroxyl groups excluding tert-OH is 1. The molecule has 0 heterocycles. The monoisotopic (exact) mass is 129 g/mol. The average Bonchev–Trinajstić information content (AvgIpc) is 1.65. The van der Waals surface area contributed by atoms with Crippen LogP contribution in [0.5, 0.6) is 0 Å². The fourth-order valence-corrected chi connectivity index (χ4v) is 0.0630. The number of halogens is 2. The molecule has 0 aliphatic rings. The van der Waals surface area contributed by atoms with Crippen molar-refractivity contribution in [3.05, 3.63) is 0 Å². The van der Waals surface area contributed by atoms with E-state index in [1.165, 1.54) is 0 Å². The summed E-state index contributed by atoms with van der Waals surface area (Å²) in [6, 6.07) is 0. The summed E-state index contributed by atoms with van der Waals surface area (Å²) in [4.78, 5) is 0. The van der Waals surface area contributed by atoms with Crippen LogP contribution in [0.2, 0.25) is 0 Å². The molecular weight excluding hydrogens is 120 g/mol. The normalized spacial score (nSPS) is 12.4. The molecule has 0 saturated heterocycles. The van der Waals surface area contributed by atoms with Gasteiger partial charge in [-0.05, 0) is 0 Å². The lowest BCUT2D eigenvalue weighted by atomic mass is 10.4. The predicted molar refractivity (Wildman–Crippen MR) is 28.3 cm³/mol. The molecule has 0 amide bonds. The summed E-state index contributed by atoms with van der Waals surface area (Å²) in [5.74, 6) is 0. The zero-order chi connectivity index (χ0) is 4.99. The molecule has 46 valence electrons. The summed E-state index contributed by atoms with van der Waals surface area (Å²) in [6.07, 6.45) is -0.954. The van der Waals surface area contributed by atoms with Gasteiger partial charge in [-0.3, -0.25) is 0 Å². The number of rotatable bonds is 2. The second-order valence-electron chi connectivity index (χ2n) is 1.04. The minimum absolute atomic E-state index is 0.